The number of hydrogen-bond acceptors (Lipinski definition) is 4. The highest BCUT2D eigenvalue weighted by Gasteiger charge is 2.21. The van der Waals surface area contributed by atoms with E-state index in [0.29, 0.717) is 19.4 Å². The zero-order valence-electron chi connectivity index (χ0n) is 33.6. The van der Waals surface area contributed by atoms with Gasteiger partial charge in [-0.15, -0.1) is 0 Å². The molecule has 0 atom stereocenters. The third-order valence-corrected chi connectivity index (χ3v) is 11.3. The fourth-order valence-corrected chi connectivity index (χ4v) is 8.43. The van der Waals surface area contributed by atoms with Crippen LogP contribution in [0.15, 0.2) is 158 Å². The molecule has 8 nitrogen and oxygen atoms in total. The summed E-state index contributed by atoms with van der Waals surface area (Å²) in [6.45, 7) is 1.39. The number of amides is 1. The van der Waals surface area contributed by atoms with Crippen LogP contribution in [-0.4, -0.2) is 41.9 Å². The highest BCUT2D eigenvalue weighted by atomic mass is 16.1. The largest absolute Gasteiger partial charge is 0.356 e. The fraction of sp³-hybridized carbons (Fsp3) is 0.0943. The van der Waals surface area contributed by atoms with E-state index in [1.807, 2.05) is 35.0 Å². The lowest BCUT2D eigenvalue weighted by molar-refractivity contribution is -0.121. The molecule has 0 radical (unpaired) electrons. The van der Waals surface area contributed by atoms with Crippen molar-refractivity contribution < 1.29 is 4.79 Å². The molecule has 8 heteroatoms. The Morgan fingerprint density at radius 3 is 1.64 bits per heavy atom. The quantitative estimate of drug-likeness (QED) is 0.113. The van der Waals surface area contributed by atoms with E-state index < -0.39 is 0 Å². The number of aromatic nitrogens is 6. The number of carbonyl (C=O) groups excluding carboxylic acids is 1. The summed E-state index contributed by atoms with van der Waals surface area (Å²) in [5.74, 6) is 0.0152. The number of imidazole rings is 1. The van der Waals surface area contributed by atoms with Crippen molar-refractivity contribution in [2.75, 3.05) is 6.54 Å². The Morgan fingerprint density at radius 2 is 1.07 bits per heavy atom. The van der Waals surface area contributed by atoms with Crippen LogP contribution in [-0.2, 0) is 17.8 Å². The summed E-state index contributed by atoms with van der Waals surface area (Å²) in [5, 5.41) is 3.16. The van der Waals surface area contributed by atoms with Crippen molar-refractivity contribution in [1.82, 2.24) is 34.8 Å². The van der Waals surface area contributed by atoms with Crippen LogP contribution in [0.25, 0.3) is 90.9 Å². The van der Waals surface area contributed by atoms with Gasteiger partial charge in [0.25, 0.3) is 0 Å². The first-order chi connectivity index (χ1) is 30.2. The van der Waals surface area contributed by atoms with Crippen LogP contribution in [0.4, 0.5) is 0 Å². The number of carbonyl (C=O) groups is 1. The van der Waals surface area contributed by atoms with Crippen molar-refractivity contribution in [2.24, 2.45) is 0 Å². The summed E-state index contributed by atoms with van der Waals surface area (Å²) < 4.78 is 2.02. The van der Waals surface area contributed by atoms with Gasteiger partial charge in [-0.1, -0.05) is 121 Å². The maximum absolute atomic E-state index is 13.5. The maximum Gasteiger partial charge on any atom is 0.220 e. The van der Waals surface area contributed by atoms with E-state index in [4.69, 9.17) is 9.97 Å². The van der Waals surface area contributed by atoms with Crippen LogP contribution in [0.1, 0.15) is 41.2 Å². The summed E-state index contributed by atoms with van der Waals surface area (Å²) in [6, 6.07) is 48.3. The van der Waals surface area contributed by atoms with Crippen molar-refractivity contribution in [3.05, 3.63) is 187 Å². The van der Waals surface area contributed by atoms with Gasteiger partial charge in [-0.25, -0.2) is 15.0 Å². The summed E-state index contributed by atoms with van der Waals surface area (Å²) in [7, 11) is 0. The molecule has 0 aliphatic carbocycles. The SMILES string of the molecule is O=C(CCc1cc2[nH]c1c(-c1ccccc1)c1nc(c(-c3ccccc3)c3nc(c(-c4ccccc4)c4ccc([nH]4)c2-c2ccccc2)C=C3)C=C1)NCCCn1ccnc1. The van der Waals surface area contributed by atoms with Gasteiger partial charge in [-0.3, -0.25) is 4.79 Å². The molecule has 4 aromatic carbocycles. The second kappa shape index (κ2) is 16.8. The molecule has 0 unspecified atom stereocenters. The maximum atomic E-state index is 13.5. The number of H-pyrrole nitrogens is 2. The molecule has 6 heterocycles. The van der Waals surface area contributed by atoms with Crippen molar-refractivity contribution in [2.45, 2.75) is 25.8 Å². The zero-order chi connectivity index (χ0) is 41.0. The topological polar surface area (TPSA) is 104 Å². The predicted molar refractivity (Wildman–Crippen MR) is 249 cm³/mol. The molecule has 3 N–H and O–H groups in total. The molecule has 0 fully saturated rings. The molecule has 0 saturated heterocycles. The Hall–Kier alpha value is -7.84. The van der Waals surface area contributed by atoms with Gasteiger partial charge in [0, 0.05) is 70.7 Å². The number of fused-ring (bicyclic) bond motifs is 8. The summed E-state index contributed by atoms with van der Waals surface area (Å²) in [5.41, 5.74) is 16.3. The van der Waals surface area contributed by atoms with Gasteiger partial charge in [0.1, 0.15) is 0 Å². The van der Waals surface area contributed by atoms with Crippen molar-refractivity contribution in [3.8, 4) is 44.5 Å². The molecule has 2 aliphatic rings. The van der Waals surface area contributed by atoms with Gasteiger partial charge in [0.2, 0.25) is 5.91 Å². The van der Waals surface area contributed by atoms with Gasteiger partial charge in [0.05, 0.1) is 34.6 Å². The average molecular weight is 794 g/mol. The molecular weight excluding hydrogens is 751 g/mol. The minimum atomic E-state index is 0.0152. The van der Waals surface area contributed by atoms with Crippen molar-refractivity contribution >= 4 is 52.3 Å². The summed E-state index contributed by atoms with van der Waals surface area (Å²) >= 11 is 0. The van der Waals surface area contributed by atoms with Crippen molar-refractivity contribution in [1.29, 1.82) is 0 Å². The van der Waals surface area contributed by atoms with Gasteiger partial charge in [0.15, 0.2) is 0 Å². The molecule has 8 aromatic rings. The monoisotopic (exact) mass is 793 g/mol. The minimum absolute atomic E-state index is 0.0152. The van der Waals surface area contributed by atoms with Crippen LogP contribution in [0.3, 0.4) is 0 Å². The standard InChI is InChI=1S/C53H43N7O/c61-48(55-30-13-32-60-33-31-54-35-60)29-22-40-34-47-51(38-18-9-3-10-19-38)45-26-25-43(57-45)49(36-14-5-1-6-15-36)41-23-24-42(56-41)50(37-16-7-2-8-17-37)44-27-28-46(58-44)52(53(40)59-47)39-20-11-4-12-21-39/h1-12,14-21,23-28,31,33-35,57,59H,13,22,29-30,32H2,(H,55,61). The smallest absolute Gasteiger partial charge is 0.220 e. The number of nitrogens with zero attached hydrogens (tertiary/aromatic N) is 4. The first kappa shape index (κ1) is 37.4. The van der Waals surface area contributed by atoms with Crippen LogP contribution in [0.2, 0.25) is 0 Å². The summed E-state index contributed by atoms with van der Waals surface area (Å²) in [4.78, 5) is 36.3. The number of aryl methyl sites for hydroxylation is 2. The van der Waals surface area contributed by atoms with E-state index in [1.54, 1.807) is 12.5 Å². The van der Waals surface area contributed by atoms with Gasteiger partial charge >= 0.3 is 0 Å². The zero-order valence-corrected chi connectivity index (χ0v) is 33.6. The number of benzene rings is 4. The van der Waals surface area contributed by atoms with Gasteiger partial charge in [-0.2, -0.15) is 0 Å². The first-order valence-electron chi connectivity index (χ1n) is 20.8. The van der Waals surface area contributed by atoms with E-state index in [2.05, 4.69) is 160 Å². The Balaban J connectivity index is 1.25. The van der Waals surface area contributed by atoms with E-state index in [0.717, 1.165) is 108 Å². The lowest BCUT2D eigenvalue weighted by Crippen LogP contribution is -2.25. The molecule has 8 bridgehead atoms. The Morgan fingerprint density at radius 1 is 0.557 bits per heavy atom. The molecule has 4 aromatic heterocycles. The molecule has 0 spiro atoms. The number of hydrogen-bond donors (Lipinski definition) is 3. The molecule has 0 saturated carbocycles. The number of rotatable bonds is 11. The Kier molecular flexibility index (Phi) is 10.3. The van der Waals surface area contributed by atoms with Crippen LogP contribution in [0.5, 0.6) is 0 Å². The van der Waals surface area contributed by atoms with E-state index in [9.17, 15) is 4.79 Å². The first-order valence-corrected chi connectivity index (χ1v) is 20.8. The Bertz CT molecular complexity index is 3070. The van der Waals surface area contributed by atoms with E-state index in [1.165, 1.54) is 0 Å². The third kappa shape index (κ3) is 7.75. The fourth-order valence-electron chi connectivity index (χ4n) is 8.43. The van der Waals surface area contributed by atoms with Gasteiger partial charge < -0.3 is 19.9 Å². The third-order valence-electron chi connectivity index (χ3n) is 11.3. The second-order valence-corrected chi connectivity index (χ2v) is 15.3. The summed E-state index contributed by atoms with van der Waals surface area (Å²) in [6.07, 6.45) is 15.6. The second-order valence-electron chi connectivity index (χ2n) is 15.3. The molecular formula is C53H43N7O. The normalized spacial score (nSPS) is 11.9. The number of nitrogens with one attached hydrogen (secondary N) is 3. The molecule has 1 amide bonds. The average Bonchev–Trinajstić information content (AvgIpc) is 4.18. The van der Waals surface area contributed by atoms with Crippen LogP contribution >= 0.6 is 0 Å². The van der Waals surface area contributed by atoms with E-state index in [-0.39, 0.29) is 5.91 Å². The lowest BCUT2D eigenvalue weighted by atomic mass is 10.00. The van der Waals surface area contributed by atoms with Crippen LogP contribution in [0, 0.1) is 0 Å². The molecule has 2 aliphatic heterocycles. The van der Waals surface area contributed by atoms with Crippen molar-refractivity contribution in [3.63, 3.8) is 0 Å². The number of aromatic amines is 2. The highest BCUT2D eigenvalue weighted by Crippen LogP contribution is 2.39. The minimum Gasteiger partial charge on any atom is -0.356 e. The van der Waals surface area contributed by atoms with Crippen LogP contribution < -0.4 is 5.32 Å². The molecule has 10 rings (SSSR count). The lowest BCUT2D eigenvalue weighted by Gasteiger charge is -2.08. The molecule has 61 heavy (non-hydrogen) atoms. The highest BCUT2D eigenvalue weighted by molar-refractivity contribution is 6.01. The molecule has 296 valence electrons. The van der Waals surface area contributed by atoms with Gasteiger partial charge in [-0.05, 0) is 83.2 Å². The predicted octanol–water partition coefficient (Wildman–Crippen LogP) is 11.7. The van der Waals surface area contributed by atoms with E-state index >= 15 is 0 Å². The Labute approximate surface area is 354 Å².